The van der Waals surface area contributed by atoms with E-state index in [-0.39, 0.29) is 0 Å². The molecule has 2 N–H and O–H groups in total. The van der Waals surface area contributed by atoms with Crippen LogP contribution in [0.3, 0.4) is 0 Å². The lowest BCUT2D eigenvalue weighted by atomic mass is 10.3. The van der Waals surface area contributed by atoms with E-state index in [2.05, 4.69) is 33.8 Å². The molecular formula is C13H22N6. The summed E-state index contributed by atoms with van der Waals surface area (Å²) in [6.45, 7) is 5.37. The molecule has 2 aromatic heterocycles. The maximum Gasteiger partial charge on any atom is 0.165 e. The van der Waals surface area contributed by atoms with E-state index in [0.717, 1.165) is 31.7 Å². The van der Waals surface area contributed by atoms with Gasteiger partial charge in [0.1, 0.15) is 11.8 Å². The fourth-order valence-electron chi connectivity index (χ4n) is 2.11. The molecule has 0 saturated carbocycles. The van der Waals surface area contributed by atoms with Gasteiger partial charge in [0, 0.05) is 6.54 Å². The van der Waals surface area contributed by atoms with Crippen molar-refractivity contribution < 1.29 is 0 Å². The van der Waals surface area contributed by atoms with Gasteiger partial charge >= 0.3 is 0 Å². The second-order valence-electron chi connectivity index (χ2n) is 4.88. The maximum absolute atomic E-state index is 5.77. The van der Waals surface area contributed by atoms with Gasteiger partial charge in [-0.05, 0) is 33.0 Å². The lowest BCUT2D eigenvalue weighted by molar-refractivity contribution is 0.316. The van der Waals surface area contributed by atoms with E-state index in [1.54, 1.807) is 6.33 Å². The Morgan fingerprint density at radius 3 is 2.79 bits per heavy atom. The number of imidazole rings is 1. The summed E-state index contributed by atoms with van der Waals surface area (Å²) in [7, 11) is 2.17. The minimum absolute atomic E-state index is 0.448. The third-order valence-electron chi connectivity index (χ3n) is 3.26. The number of hydrogen-bond acceptors (Lipinski definition) is 5. The van der Waals surface area contributed by atoms with Crippen molar-refractivity contribution in [1.29, 1.82) is 0 Å². The van der Waals surface area contributed by atoms with Crippen molar-refractivity contribution in [3.05, 3.63) is 12.7 Å². The fraction of sp³-hybridized carbons (Fsp3) is 0.615. The van der Waals surface area contributed by atoms with E-state index in [9.17, 15) is 0 Å². The van der Waals surface area contributed by atoms with Gasteiger partial charge < -0.3 is 15.2 Å². The molecule has 0 fully saturated rings. The molecule has 2 heterocycles. The van der Waals surface area contributed by atoms with Crippen molar-refractivity contribution in [1.82, 2.24) is 24.4 Å². The molecule has 104 valence electrons. The van der Waals surface area contributed by atoms with Gasteiger partial charge in [-0.2, -0.15) is 0 Å². The Balaban J connectivity index is 1.90. The van der Waals surface area contributed by atoms with Gasteiger partial charge in [-0.1, -0.05) is 13.3 Å². The second kappa shape index (κ2) is 6.47. The first kappa shape index (κ1) is 13.7. The summed E-state index contributed by atoms with van der Waals surface area (Å²) < 4.78 is 2.04. The highest BCUT2D eigenvalue weighted by Gasteiger charge is 2.07. The van der Waals surface area contributed by atoms with Crippen LogP contribution in [0.15, 0.2) is 12.7 Å². The van der Waals surface area contributed by atoms with Crippen LogP contribution >= 0.6 is 0 Å². The number of nitrogen functional groups attached to an aromatic ring is 1. The largest absolute Gasteiger partial charge is 0.382 e. The van der Waals surface area contributed by atoms with Gasteiger partial charge in [0.05, 0.1) is 6.33 Å². The number of nitrogens with zero attached hydrogens (tertiary/aromatic N) is 5. The smallest absolute Gasteiger partial charge is 0.165 e. The van der Waals surface area contributed by atoms with Crippen molar-refractivity contribution in [3.63, 3.8) is 0 Å². The zero-order chi connectivity index (χ0) is 13.7. The van der Waals surface area contributed by atoms with E-state index in [1.165, 1.54) is 19.2 Å². The van der Waals surface area contributed by atoms with Crippen LogP contribution in [0, 0.1) is 0 Å². The number of unbranched alkanes of at least 4 members (excludes halogenated alkanes) is 1. The molecule has 0 aliphatic carbocycles. The summed E-state index contributed by atoms with van der Waals surface area (Å²) in [5, 5.41) is 0. The lowest BCUT2D eigenvalue weighted by Crippen LogP contribution is -2.21. The summed E-state index contributed by atoms with van der Waals surface area (Å²) in [4.78, 5) is 14.8. The Morgan fingerprint density at radius 1 is 1.21 bits per heavy atom. The molecule has 0 spiro atoms. The number of hydrogen-bond donors (Lipinski definition) is 1. The van der Waals surface area contributed by atoms with Crippen LogP contribution in [-0.2, 0) is 6.54 Å². The van der Waals surface area contributed by atoms with Gasteiger partial charge in [-0.3, -0.25) is 0 Å². The standard InChI is InChI=1S/C13H22N6/c1-3-4-6-18(2)7-5-8-19-10-17-11-12(14)15-9-16-13(11)19/h9-10H,3-8H2,1-2H3,(H2,14,15,16). The zero-order valence-electron chi connectivity index (χ0n) is 11.7. The van der Waals surface area contributed by atoms with Gasteiger partial charge in [-0.15, -0.1) is 0 Å². The van der Waals surface area contributed by atoms with E-state index >= 15 is 0 Å². The Morgan fingerprint density at radius 2 is 2.00 bits per heavy atom. The Labute approximate surface area is 113 Å². The molecule has 19 heavy (non-hydrogen) atoms. The average molecular weight is 262 g/mol. The number of fused-ring (bicyclic) bond motifs is 1. The third kappa shape index (κ3) is 3.41. The quantitative estimate of drug-likeness (QED) is 0.819. The van der Waals surface area contributed by atoms with Crippen molar-refractivity contribution in [2.45, 2.75) is 32.7 Å². The van der Waals surface area contributed by atoms with Crippen molar-refractivity contribution >= 4 is 17.0 Å². The first-order chi connectivity index (χ1) is 9.22. The molecule has 2 aromatic rings. The summed E-state index contributed by atoms with van der Waals surface area (Å²) in [6, 6.07) is 0. The molecular weight excluding hydrogens is 240 g/mol. The van der Waals surface area contributed by atoms with Crippen LogP contribution in [-0.4, -0.2) is 44.6 Å². The minimum atomic E-state index is 0.448. The number of aryl methyl sites for hydroxylation is 1. The van der Waals surface area contributed by atoms with Crippen molar-refractivity contribution in [2.75, 3.05) is 25.9 Å². The normalized spacial score (nSPS) is 11.5. The number of aromatic nitrogens is 4. The predicted molar refractivity (Wildman–Crippen MR) is 76.8 cm³/mol. The Kier molecular flexibility index (Phi) is 4.68. The van der Waals surface area contributed by atoms with E-state index in [0.29, 0.717) is 11.3 Å². The maximum atomic E-state index is 5.77. The molecule has 0 atom stereocenters. The highest BCUT2D eigenvalue weighted by Crippen LogP contribution is 2.14. The summed E-state index contributed by atoms with van der Waals surface area (Å²) in [6.07, 6.45) is 6.86. The topological polar surface area (TPSA) is 72.9 Å². The summed E-state index contributed by atoms with van der Waals surface area (Å²) in [5.41, 5.74) is 7.29. The molecule has 2 rings (SSSR count). The first-order valence-electron chi connectivity index (χ1n) is 6.82. The molecule has 0 unspecified atom stereocenters. The van der Waals surface area contributed by atoms with Gasteiger partial charge in [0.2, 0.25) is 0 Å². The zero-order valence-corrected chi connectivity index (χ0v) is 11.7. The molecule has 0 amide bonds. The Bertz CT molecular complexity index is 521. The first-order valence-corrected chi connectivity index (χ1v) is 6.82. The van der Waals surface area contributed by atoms with Gasteiger partial charge in [0.25, 0.3) is 0 Å². The highest BCUT2D eigenvalue weighted by molar-refractivity contribution is 5.80. The number of anilines is 1. The van der Waals surface area contributed by atoms with Crippen LogP contribution in [0.2, 0.25) is 0 Å². The van der Waals surface area contributed by atoms with E-state index in [4.69, 9.17) is 5.73 Å². The summed E-state index contributed by atoms with van der Waals surface area (Å²) in [5.74, 6) is 0.448. The molecule has 0 saturated heterocycles. The molecule has 0 bridgehead atoms. The summed E-state index contributed by atoms with van der Waals surface area (Å²) >= 11 is 0. The second-order valence-corrected chi connectivity index (χ2v) is 4.88. The molecule has 6 heteroatoms. The Hall–Kier alpha value is -1.69. The molecule has 0 aliphatic heterocycles. The molecule has 0 radical (unpaired) electrons. The number of rotatable bonds is 7. The minimum Gasteiger partial charge on any atom is -0.382 e. The van der Waals surface area contributed by atoms with Crippen molar-refractivity contribution in [2.24, 2.45) is 0 Å². The lowest BCUT2D eigenvalue weighted by Gasteiger charge is -2.15. The van der Waals surface area contributed by atoms with Gasteiger partial charge in [0.15, 0.2) is 11.5 Å². The fourth-order valence-corrected chi connectivity index (χ4v) is 2.11. The third-order valence-corrected chi connectivity index (χ3v) is 3.26. The van der Waals surface area contributed by atoms with Crippen LogP contribution in [0.4, 0.5) is 5.82 Å². The van der Waals surface area contributed by atoms with Crippen LogP contribution in [0.5, 0.6) is 0 Å². The van der Waals surface area contributed by atoms with Crippen LogP contribution in [0.25, 0.3) is 11.2 Å². The van der Waals surface area contributed by atoms with E-state index in [1.807, 2.05) is 4.57 Å². The highest BCUT2D eigenvalue weighted by atomic mass is 15.1. The molecule has 6 nitrogen and oxygen atoms in total. The van der Waals surface area contributed by atoms with Crippen molar-refractivity contribution in [3.8, 4) is 0 Å². The van der Waals surface area contributed by atoms with Crippen LogP contribution < -0.4 is 5.73 Å². The molecule has 0 aliphatic rings. The van der Waals surface area contributed by atoms with Crippen LogP contribution in [0.1, 0.15) is 26.2 Å². The SMILES string of the molecule is CCCCN(C)CCCn1cnc2c(N)ncnc21. The number of nitrogens with two attached hydrogens (primary N) is 1. The average Bonchev–Trinajstić information content (AvgIpc) is 2.81. The van der Waals surface area contributed by atoms with E-state index < -0.39 is 0 Å². The van der Waals surface area contributed by atoms with Gasteiger partial charge in [-0.25, -0.2) is 15.0 Å². The molecule has 0 aromatic carbocycles. The predicted octanol–water partition coefficient (Wildman–Crippen LogP) is 1.53. The monoisotopic (exact) mass is 262 g/mol.